The molecule has 0 heterocycles. The van der Waals surface area contributed by atoms with Crippen molar-refractivity contribution in [2.75, 3.05) is 13.1 Å². The van der Waals surface area contributed by atoms with Crippen LogP contribution in [-0.2, 0) is 18.1 Å². The van der Waals surface area contributed by atoms with E-state index in [0.29, 0.717) is 6.54 Å². The molecule has 3 N–H and O–H groups in total. The third-order valence-electron chi connectivity index (χ3n) is 5.48. The maximum absolute atomic E-state index is 12.9. The van der Waals surface area contributed by atoms with E-state index in [1.54, 1.807) is 0 Å². The van der Waals surface area contributed by atoms with Crippen LogP contribution in [0, 0.1) is 37.6 Å². The van der Waals surface area contributed by atoms with Crippen LogP contribution in [0.25, 0.3) is 0 Å². The van der Waals surface area contributed by atoms with E-state index in [1.807, 2.05) is 25.2 Å². The van der Waals surface area contributed by atoms with Crippen molar-refractivity contribution in [1.29, 1.82) is 0 Å². The van der Waals surface area contributed by atoms with Crippen molar-refractivity contribution in [2.24, 2.45) is 0 Å². The van der Waals surface area contributed by atoms with Crippen LogP contribution in [0.15, 0.2) is 36.4 Å². The Balaban J connectivity index is 2.22. The highest BCUT2D eigenvalue weighted by atomic mass is 28.4. The van der Waals surface area contributed by atoms with E-state index >= 15 is 0 Å². The average molecular weight is 593 g/mol. The predicted octanol–water partition coefficient (Wildman–Crippen LogP) is 3.12. The number of carbonyl (C=O) groups excluding carboxylic acids is 3. The Bertz CT molecular complexity index is 1380. The van der Waals surface area contributed by atoms with E-state index in [2.05, 4.69) is 10.6 Å². The van der Waals surface area contributed by atoms with Crippen LogP contribution < -0.4 is 20.1 Å². The Kier molecular flexibility index (Phi) is 12.8. The molecule has 2 amide bonds. The Hall–Kier alpha value is -5.58. The van der Waals surface area contributed by atoms with E-state index in [0.717, 1.165) is 12.8 Å². The van der Waals surface area contributed by atoms with Gasteiger partial charge in [-0.05, 0) is 49.2 Å². The third-order valence-corrected chi connectivity index (χ3v) is 7.73. The number of aromatic carboxylic acids is 1. The van der Waals surface area contributed by atoms with Gasteiger partial charge in [0.25, 0.3) is 18.3 Å². The lowest BCUT2D eigenvalue weighted by Crippen LogP contribution is -2.42. The average Bonchev–Trinajstić information content (AvgIpc) is 2.96. The first kappa shape index (κ1) is 32.6. The van der Waals surface area contributed by atoms with Gasteiger partial charge in [-0.3, -0.25) is 14.4 Å². The second kappa shape index (κ2) is 16.5. The van der Waals surface area contributed by atoms with Gasteiger partial charge in [0.2, 0.25) is 0 Å². The first-order chi connectivity index (χ1) is 20.2. The van der Waals surface area contributed by atoms with Gasteiger partial charge in [-0.2, -0.15) is 0 Å². The maximum Gasteiger partial charge on any atom is 0.725 e. The lowest BCUT2D eigenvalue weighted by Gasteiger charge is -2.20. The number of benzene rings is 2. The molecule has 0 radical (unpaired) electrons. The minimum Gasteiger partial charge on any atom is -0.478 e. The van der Waals surface area contributed by atoms with Crippen LogP contribution in [0.2, 0.25) is 6.04 Å². The summed E-state index contributed by atoms with van der Waals surface area (Å²) in [7, 11) is -3.59. The molecule has 0 aliphatic heterocycles. The molecule has 0 fully saturated rings. The number of hydrogen-bond acceptors (Lipinski definition) is 9. The van der Waals surface area contributed by atoms with Gasteiger partial charge in [-0.15, -0.1) is 0 Å². The van der Waals surface area contributed by atoms with E-state index in [-0.39, 0.29) is 59.4 Å². The van der Waals surface area contributed by atoms with E-state index < -0.39 is 26.6 Å². The Morgan fingerprint density at radius 3 is 1.95 bits per heavy atom. The largest absolute Gasteiger partial charge is 0.725 e. The molecule has 0 saturated carbocycles. The molecular weight excluding hydrogens is 564 g/mol. The van der Waals surface area contributed by atoms with Gasteiger partial charge < -0.3 is 38.5 Å². The van der Waals surface area contributed by atoms with Crippen molar-refractivity contribution in [1.82, 2.24) is 10.6 Å². The number of carbonyl (C=O) groups is 4. The number of unbranched alkanes of at least 4 members (excludes halogenated alkanes) is 1. The van der Waals surface area contributed by atoms with Gasteiger partial charge in [0, 0.05) is 13.1 Å². The van der Waals surface area contributed by atoms with E-state index in [9.17, 15) is 24.3 Å². The molecule has 42 heavy (non-hydrogen) atoms. The number of terminal acetylenes is 3. The molecule has 0 aliphatic rings. The second-order valence-electron chi connectivity index (χ2n) is 8.30. The topological polar surface area (TPSA) is 159 Å². The van der Waals surface area contributed by atoms with Crippen LogP contribution >= 0.6 is 0 Å². The summed E-state index contributed by atoms with van der Waals surface area (Å²) < 4.78 is 25.9. The summed E-state index contributed by atoms with van der Waals surface area (Å²) in [6.07, 6.45) is 23.2. The highest BCUT2D eigenvalue weighted by Crippen LogP contribution is 2.29. The summed E-state index contributed by atoms with van der Waals surface area (Å²) in [5.41, 5.74) is -0.426. The van der Waals surface area contributed by atoms with Crippen molar-refractivity contribution in [3.63, 3.8) is 0 Å². The maximum atomic E-state index is 12.9. The SMILES string of the molecule is C#CO[Si](CCCNC(=O)c1cc(Oc2ccc(OC=O)c(C(=O)NCCCC)c2)ccc1C(=O)O)(OC#C)OC#C. The lowest BCUT2D eigenvalue weighted by molar-refractivity contribution is -0.120. The molecule has 13 heteroatoms. The zero-order valence-electron chi connectivity index (χ0n) is 22.6. The molecule has 2 aromatic rings. The number of ether oxygens (including phenoxy) is 2. The molecule has 0 bridgehead atoms. The smallest absolute Gasteiger partial charge is 0.478 e. The van der Waals surface area contributed by atoms with Crippen molar-refractivity contribution in [3.05, 3.63) is 53.1 Å². The van der Waals surface area contributed by atoms with Crippen molar-refractivity contribution < 1.29 is 47.0 Å². The summed E-state index contributed by atoms with van der Waals surface area (Å²) in [6.45, 7) is 2.62. The number of hydrogen-bond donors (Lipinski definition) is 3. The summed E-state index contributed by atoms with van der Waals surface area (Å²) >= 11 is 0. The van der Waals surface area contributed by atoms with Crippen molar-refractivity contribution in [3.8, 4) is 54.8 Å². The number of carboxylic acid groups (broad SMARTS) is 1. The standard InChI is InChI=1S/C29H28N2O10Si/c1-5-9-15-30-28(34)25-19-22(12-14-26(25)37-20-32)41-21-11-13-23(29(35)36)24(18-21)27(33)31-16-10-17-42(38-6-2,39-7-3)40-8-4/h2-4,11-14,18-20H,5,9-10,15-17H2,1H3,(H,30,34)(H,31,33)(H,35,36). The summed E-state index contributed by atoms with van der Waals surface area (Å²) in [4.78, 5) is 48.3. The molecular formula is C29H28N2O10Si. The van der Waals surface area contributed by atoms with Crippen LogP contribution in [0.3, 0.4) is 0 Å². The fourth-order valence-corrected chi connectivity index (χ4v) is 5.14. The van der Waals surface area contributed by atoms with E-state index in [1.165, 1.54) is 36.4 Å². The van der Waals surface area contributed by atoms with Crippen LogP contribution in [0.4, 0.5) is 0 Å². The highest BCUT2D eigenvalue weighted by molar-refractivity contribution is 6.61. The molecule has 2 aromatic carbocycles. The first-order valence-corrected chi connectivity index (χ1v) is 14.4. The summed E-state index contributed by atoms with van der Waals surface area (Å²) in [5.74, 6) is -2.25. The van der Waals surface area contributed by atoms with Crippen LogP contribution in [0.5, 0.6) is 17.2 Å². The van der Waals surface area contributed by atoms with Gasteiger partial charge in [-0.25, -0.2) is 4.79 Å². The monoisotopic (exact) mass is 592 g/mol. The number of rotatable bonds is 17. The molecule has 0 spiro atoms. The molecule has 0 aromatic heterocycles. The zero-order valence-corrected chi connectivity index (χ0v) is 23.6. The van der Waals surface area contributed by atoms with Crippen LogP contribution in [0.1, 0.15) is 57.3 Å². The minimum atomic E-state index is -3.59. The van der Waals surface area contributed by atoms with E-state index in [4.69, 9.17) is 42.0 Å². The number of amides is 2. The quantitative estimate of drug-likeness (QED) is 0.108. The van der Waals surface area contributed by atoms with Crippen molar-refractivity contribution in [2.45, 2.75) is 32.2 Å². The third kappa shape index (κ3) is 9.26. The lowest BCUT2D eigenvalue weighted by atomic mass is 10.1. The molecule has 12 nitrogen and oxygen atoms in total. The van der Waals surface area contributed by atoms with Gasteiger partial charge in [0.05, 0.1) is 41.1 Å². The Morgan fingerprint density at radius 2 is 1.40 bits per heavy atom. The van der Waals surface area contributed by atoms with Crippen LogP contribution in [-0.4, -0.2) is 51.3 Å². The molecule has 2 rings (SSSR count). The van der Waals surface area contributed by atoms with Gasteiger partial charge in [-0.1, -0.05) is 32.6 Å². The second-order valence-corrected chi connectivity index (χ2v) is 10.8. The number of carboxylic acids is 1. The fraction of sp³-hybridized carbons (Fsp3) is 0.241. The summed E-state index contributed by atoms with van der Waals surface area (Å²) in [6, 6.07) is 8.02. The first-order valence-electron chi connectivity index (χ1n) is 12.5. The molecule has 0 atom stereocenters. The van der Waals surface area contributed by atoms with Crippen molar-refractivity contribution >= 4 is 33.1 Å². The molecule has 218 valence electrons. The fourth-order valence-electron chi connectivity index (χ4n) is 3.56. The predicted molar refractivity (Wildman–Crippen MR) is 151 cm³/mol. The Morgan fingerprint density at radius 1 is 0.857 bits per heavy atom. The molecule has 0 unspecified atom stereocenters. The minimum absolute atomic E-state index is 0.0210. The van der Waals surface area contributed by atoms with Gasteiger partial charge in [0.15, 0.2) is 0 Å². The van der Waals surface area contributed by atoms with Gasteiger partial charge in [0.1, 0.15) is 17.2 Å². The molecule has 0 saturated heterocycles. The molecule has 0 aliphatic carbocycles. The van der Waals surface area contributed by atoms with Gasteiger partial charge >= 0.3 is 14.8 Å². The normalized spacial score (nSPS) is 10.0. The zero-order chi connectivity index (χ0) is 31.0. The number of nitrogens with one attached hydrogen (secondary N) is 2. The summed E-state index contributed by atoms with van der Waals surface area (Å²) in [5, 5.41) is 14.9. The highest BCUT2D eigenvalue weighted by Gasteiger charge is 2.48. The Labute approximate surface area is 244 Å².